The van der Waals surface area contributed by atoms with E-state index < -0.39 is 0 Å². The van der Waals surface area contributed by atoms with E-state index in [1.807, 2.05) is 18.2 Å². The van der Waals surface area contributed by atoms with Crippen LogP contribution in [0.3, 0.4) is 0 Å². The minimum absolute atomic E-state index is 0.687. The molecule has 1 heteroatoms. The van der Waals surface area contributed by atoms with Gasteiger partial charge in [-0.15, -0.1) is 0 Å². The van der Waals surface area contributed by atoms with Crippen molar-refractivity contribution in [1.29, 1.82) is 0 Å². The number of hydrogen-bond donors (Lipinski definition) is 0. The Balaban J connectivity index is 2.10. The number of benzene rings is 1. The van der Waals surface area contributed by atoms with E-state index in [0.29, 0.717) is 6.61 Å². The molecule has 1 aromatic rings. The topological polar surface area (TPSA) is 9.23 Å². The maximum absolute atomic E-state index is 5.60. The zero-order valence-corrected chi connectivity index (χ0v) is 10.7. The van der Waals surface area contributed by atoms with E-state index in [1.54, 1.807) is 0 Å². The molecule has 0 aliphatic rings. The second-order valence-corrected chi connectivity index (χ2v) is 4.14. The average Bonchev–Trinajstić information content (AvgIpc) is 2.36. The molecule has 0 bridgehead atoms. The largest absolute Gasteiger partial charge is 0.376 e. The van der Waals surface area contributed by atoms with Crippen molar-refractivity contribution >= 4 is 0 Å². The minimum atomic E-state index is 0.687. The zero-order valence-electron chi connectivity index (χ0n) is 10.7. The average molecular weight is 230 g/mol. The summed E-state index contributed by atoms with van der Waals surface area (Å²) in [6, 6.07) is 10.2. The van der Waals surface area contributed by atoms with Gasteiger partial charge in [0.15, 0.2) is 0 Å². The lowest BCUT2D eigenvalue weighted by molar-refractivity contribution is 0.124. The van der Waals surface area contributed by atoms with Gasteiger partial charge < -0.3 is 4.74 Å². The predicted octanol–water partition coefficient (Wildman–Crippen LogP) is 4.51. The van der Waals surface area contributed by atoms with Gasteiger partial charge in [0.25, 0.3) is 0 Å². The fraction of sp³-hybridized carbons (Fsp3) is 0.375. The van der Waals surface area contributed by atoms with E-state index in [2.05, 4.69) is 37.8 Å². The molecular weight excluding hydrogens is 208 g/mol. The lowest BCUT2D eigenvalue weighted by atomic mass is 10.2. The molecule has 0 atom stereocenters. The Hall–Kier alpha value is -1.34. The molecule has 0 amide bonds. The van der Waals surface area contributed by atoms with Crippen molar-refractivity contribution < 1.29 is 4.74 Å². The van der Waals surface area contributed by atoms with Crippen LogP contribution in [-0.4, -0.2) is 6.61 Å². The van der Waals surface area contributed by atoms with Crippen LogP contribution in [0.4, 0.5) is 0 Å². The van der Waals surface area contributed by atoms with Crippen molar-refractivity contribution in [3.05, 3.63) is 60.2 Å². The van der Waals surface area contributed by atoms with Gasteiger partial charge in [0, 0.05) is 0 Å². The Labute approximate surface area is 105 Å². The van der Waals surface area contributed by atoms with Crippen LogP contribution in [0.1, 0.15) is 31.7 Å². The van der Waals surface area contributed by atoms with Crippen molar-refractivity contribution in [3.63, 3.8) is 0 Å². The molecule has 0 aliphatic heterocycles. The van der Waals surface area contributed by atoms with Gasteiger partial charge >= 0.3 is 0 Å². The third-order valence-electron chi connectivity index (χ3n) is 2.49. The summed E-state index contributed by atoms with van der Waals surface area (Å²) in [5.41, 5.74) is 2.37. The van der Waals surface area contributed by atoms with Crippen molar-refractivity contribution in [2.45, 2.75) is 32.8 Å². The lowest BCUT2D eigenvalue weighted by Gasteiger charge is -2.04. The molecule has 0 N–H and O–H groups in total. The molecule has 0 unspecified atom stereocenters. The van der Waals surface area contributed by atoms with Gasteiger partial charge in [-0.3, -0.25) is 0 Å². The van der Waals surface area contributed by atoms with E-state index in [0.717, 1.165) is 25.0 Å². The summed E-state index contributed by atoms with van der Waals surface area (Å²) < 4.78 is 5.60. The minimum Gasteiger partial charge on any atom is -0.376 e. The van der Waals surface area contributed by atoms with Crippen molar-refractivity contribution in [2.24, 2.45) is 0 Å². The third kappa shape index (κ3) is 6.75. The Morgan fingerprint density at radius 2 is 2.06 bits per heavy atom. The molecule has 0 aliphatic carbocycles. The van der Waals surface area contributed by atoms with Crippen LogP contribution >= 0.6 is 0 Å². The molecular formula is C16H22O. The predicted molar refractivity (Wildman–Crippen MR) is 73.9 cm³/mol. The van der Waals surface area contributed by atoms with Crippen molar-refractivity contribution in [3.8, 4) is 0 Å². The van der Waals surface area contributed by atoms with Gasteiger partial charge in [0.05, 0.1) is 13.2 Å². The summed E-state index contributed by atoms with van der Waals surface area (Å²) in [5, 5.41) is 0. The highest BCUT2D eigenvalue weighted by Gasteiger charge is 1.93. The Morgan fingerprint density at radius 1 is 1.29 bits per heavy atom. The first-order valence-electron chi connectivity index (χ1n) is 6.29. The maximum atomic E-state index is 5.60. The molecule has 1 rings (SSSR count). The highest BCUT2D eigenvalue weighted by Crippen LogP contribution is 2.05. The van der Waals surface area contributed by atoms with Gasteiger partial charge in [0.2, 0.25) is 0 Å². The second-order valence-electron chi connectivity index (χ2n) is 4.14. The number of rotatable bonds is 8. The van der Waals surface area contributed by atoms with Crippen LogP contribution in [0, 0.1) is 0 Å². The Morgan fingerprint density at radius 3 is 2.76 bits per heavy atom. The quantitative estimate of drug-likeness (QED) is 0.472. The third-order valence-corrected chi connectivity index (χ3v) is 2.49. The van der Waals surface area contributed by atoms with Gasteiger partial charge in [-0.25, -0.2) is 0 Å². The molecule has 17 heavy (non-hydrogen) atoms. The van der Waals surface area contributed by atoms with Crippen molar-refractivity contribution in [2.75, 3.05) is 6.61 Å². The molecule has 0 fully saturated rings. The first kappa shape index (κ1) is 13.7. The lowest BCUT2D eigenvalue weighted by Crippen LogP contribution is -1.95. The highest BCUT2D eigenvalue weighted by molar-refractivity contribution is 5.15. The first-order chi connectivity index (χ1) is 8.33. The number of hydrogen-bond acceptors (Lipinski definition) is 1. The van der Waals surface area contributed by atoms with E-state index in [-0.39, 0.29) is 0 Å². The maximum Gasteiger partial charge on any atom is 0.0717 e. The molecule has 92 valence electrons. The van der Waals surface area contributed by atoms with E-state index >= 15 is 0 Å². The number of ether oxygens (including phenoxy) is 1. The van der Waals surface area contributed by atoms with Crippen LogP contribution < -0.4 is 0 Å². The highest BCUT2D eigenvalue weighted by atomic mass is 16.5. The normalized spacial score (nSPS) is 10.9. The van der Waals surface area contributed by atoms with Crippen LogP contribution in [0.5, 0.6) is 0 Å². The number of allylic oxidation sites excluding steroid dienone is 2. The summed E-state index contributed by atoms with van der Waals surface area (Å²) in [5.74, 6) is 0. The summed E-state index contributed by atoms with van der Waals surface area (Å²) in [4.78, 5) is 0. The molecule has 0 aromatic heterocycles. The summed E-state index contributed by atoms with van der Waals surface area (Å²) in [7, 11) is 0. The van der Waals surface area contributed by atoms with Gasteiger partial charge in [-0.1, -0.05) is 68.0 Å². The summed E-state index contributed by atoms with van der Waals surface area (Å²) >= 11 is 0. The SMILES string of the molecule is C=C(/C=C/CCC)CCOCc1ccccc1. The molecule has 0 saturated heterocycles. The van der Waals surface area contributed by atoms with Gasteiger partial charge in [-0.2, -0.15) is 0 Å². The molecule has 1 nitrogen and oxygen atoms in total. The van der Waals surface area contributed by atoms with E-state index in [9.17, 15) is 0 Å². The Bertz CT molecular complexity index is 338. The van der Waals surface area contributed by atoms with Gasteiger partial charge in [-0.05, 0) is 18.4 Å². The summed E-state index contributed by atoms with van der Waals surface area (Å²) in [6.45, 7) is 7.61. The van der Waals surface area contributed by atoms with Crippen LogP contribution in [0.15, 0.2) is 54.6 Å². The van der Waals surface area contributed by atoms with E-state index in [4.69, 9.17) is 4.74 Å². The van der Waals surface area contributed by atoms with E-state index in [1.165, 1.54) is 12.0 Å². The molecule has 0 heterocycles. The number of unbranched alkanes of at least 4 members (excludes halogenated alkanes) is 1. The molecule has 0 saturated carbocycles. The molecule has 1 aromatic carbocycles. The first-order valence-corrected chi connectivity index (χ1v) is 6.29. The standard InChI is InChI=1S/C16H22O/c1-3-4-6-9-15(2)12-13-17-14-16-10-7-5-8-11-16/h5-11H,2-4,12-14H2,1H3/b9-6+. The fourth-order valence-electron chi connectivity index (χ4n) is 1.47. The van der Waals surface area contributed by atoms with Crippen LogP contribution in [-0.2, 0) is 11.3 Å². The Kier molecular flexibility index (Phi) is 7.08. The monoisotopic (exact) mass is 230 g/mol. The van der Waals surface area contributed by atoms with Crippen LogP contribution in [0.2, 0.25) is 0 Å². The fourth-order valence-corrected chi connectivity index (χ4v) is 1.47. The smallest absolute Gasteiger partial charge is 0.0717 e. The molecule has 0 radical (unpaired) electrons. The second kappa shape index (κ2) is 8.77. The van der Waals surface area contributed by atoms with Gasteiger partial charge in [0.1, 0.15) is 0 Å². The van der Waals surface area contributed by atoms with Crippen molar-refractivity contribution in [1.82, 2.24) is 0 Å². The summed E-state index contributed by atoms with van der Waals surface area (Å²) in [6.07, 6.45) is 7.51. The zero-order chi connectivity index (χ0) is 12.3. The molecule has 0 spiro atoms. The van der Waals surface area contributed by atoms with Crippen LogP contribution in [0.25, 0.3) is 0 Å².